The zero-order chi connectivity index (χ0) is 12.1. The first-order valence-electron chi connectivity index (χ1n) is 5.22. The summed E-state index contributed by atoms with van der Waals surface area (Å²) in [5.74, 6) is 0. The van der Waals surface area contributed by atoms with Crippen LogP contribution < -0.4 is 11.1 Å². The summed E-state index contributed by atoms with van der Waals surface area (Å²) in [4.78, 5) is 3.98. The number of nitrogens with zero attached hydrogens (tertiary/aromatic N) is 2. The van der Waals surface area contributed by atoms with Crippen molar-refractivity contribution in [3.63, 3.8) is 0 Å². The first kappa shape index (κ1) is 11.0. The van der Waals surface area contributed by atoms with Crippen LogP contribution in [-0.4, -0.2) is 4.98 Å². The molecule has 0 unspecified atom stereocenters. The van der Waals surface area contributed by atoms with Gasteiger partial charge in [-0.3, -0.25) is 0 Å². The van der Waals surface area contributed by atoms with Crippen molar-refractivity contribution < 1.29 is 0 Å². The SMILES string of the molecule is N#Cc1ccc(NCc2cccc(N)c2)cn1. The summed E-state index contributed by atoms with van der Waals surface area (Å²) in [7, 11) is 0. The highest BCUT2D eigenvalue weighted by Crippen LogP contribution is 2.10. The first-order valence-corrected chi connectivity index (χ1v) is 5.22. The molecule has 0 spiro atoms. The molecule has 0 aliphatic heterocycles. The predicted octanol–water partition coefficient (Wildman–Crippen LogP) is 2.15. The number of nitrogen functional groups attached to an aromatic ring is 1. The zero-order valence-electron chi connectivity index (χ0n) is 9.22. The summed E-state index contributed by atoms with van der Waals surface area (Å²) >= 11 is 0. The van der Waals surface area contributed by atoms with Gasteiger partial charge in [0.25, 0.3) is 0 Å². The Kier molecular flexibility index (Phi) is 3.22. The summed E-state index contributed by atoms with van der Waals surface area (Å²) in [6.45, 7) is 0.679. The normalized spacial score (nSPS) is 9.59. The topological polar surface area (TPSA) is 74.7 Å². The molecule has 0 amide bonds. The van der Waals surface area contributed by atoms with Crippen molar-refractivity contribution in [3.8, 4) is 6.07 Å². The van der Waals surface area contributed by atoms with Gasteiger partial charge >= 0.3 is 0 Å². The van der Waals surface area contributed by atoms with Gasteiger partial charge in [0.05, 0.1) is 11.9 Å². The Hall–Kier alpha value is -2.54. The molecule has 0 fully saturated rings. The van der Waals surface area contributed by atoms with Gasteiger partial charge in [0, 0.05) is 12.2 Å². The lowest BCUT2D eigenvalue weighted by molar-refractivity contribution is 1.13. The number of nitriles is 1. The van der Waals surface area contributed by atoms with Crippen LogP contribution in [-0.2, 0) is 6.54 Å². The van der Waals surface area contributed by atoms with Gasteiger partial charge in [0.1, 0.15) is 11.8 Å². The maximum Gasteiger partial charge on any atom is 0.140 e. The lowest BCUT2D eigenvalue weighted by Gasteiger charge is -2.06. The van der Waals surface area contributed by atoms with Gasteiger partial charge in [-0.05, 0) is 29.8 Å². The number of rotatable bonds is 3. The van der Waals surface area contributed by atoms with Crippen molar-refractivity contribution >= 4 is 11.4 Å². The van der Waals surface area contributed by atoms with Gasteiger partial charge in [-0.1, -0.05) is 12.1 Å². The van der Waals surface area contributed by atoms with Crippen molar-refractivity contribution in [2.75, 3.05) is 11.1 Å². The van der Waals surface area contributed by atoms with E-state index < -0.39 is 0 Å². The van der Waals surface area contributed by atoms with E-state index in [1.54, 1.807) is 12.3 Å². The Morgan fingerprint density at radius 3 is 2.82 bits per heavy atom. The van der Waals surface area contributed by atoms with Gasteiger partial charge in [0.2, 0.25) is 0 Å². The summed E-state index contributed by atoms with van der Waals surface area (Å²) in [5, 5.41) is 11.8. The Morgan fingerprint density at radius 1 is 1.29 bits per heavy atom. The monoisotopic (exact) mass is 224 g/mol. The van der Waals surface area contributed by atoms with Crippen LogP contribution in [0, 0.1) is 11.3 Å². The van der Waals surface area contributed by atoms with E-state index in [9.17, 15) is 0 Å². The van der Waals surface area contributed by atoms with Crippen molar-refractivity contribution in [3.05, 3.63) is 53.9 Å². The standard InChI is InChI=1S/C13H12N4/c14-7-12-4-5-13(9-17-12)16-8-10-2-1-3-11(15)6-10/h1-6,9,16H,8,15H2. The van der Waals surface area contributed by atoms with E-state index in [1.165, 1.54) is 0 Å². The average molecular weight is 224 g/mol. The van der Waals surface area contributed by atoms with Gasteiger partial charge in [-0.2, -0.15) is 5.26 Å². The number of pyridine rings is 1. The second-order valence-electron chi connectivity index (χ2n) is 3.64. The van der Waals surface area contributed by atoms with Gasteiger partial charge in [0.15, 0.2) is 0 Å². The zero-order valence-corrected chi connectivity index (χ0v) is 9.22. The maximum atomic E-state index is 8.62. The molecule has 0 saturated carbocycles. The van der Waals surface area contributed by atoms with Crippen LogP contribution in [0.25, 0.3) is 0 Å². The number of nitrogens with two attached hydrogens (primary N) is 1. The van der Waals surface area contributed by atoms with E-state index >= 15 is 0 Å². The third-order valence-electron chi connectivity index (χ3n) is 2.33. The van der Waals surface area contributed by atoms with Gasteiger partial charge in [-0.25, -0.2) is 4.98 Å². The van der Waals surface area contributed by atoms with E-state index in [0.29, 0.717) is 12.2 Å². The molecule has 0 radical (unpaired) electrons. The molecule has 2 aromatic rings. The molecule has 1 aromatic carbocycles. The number of anilines is 2. The van der Waals surface area contributed by atoms with Crippen LogP contribution in [0.4, 0.5) is 11.4 Å². The summed E-state index contributed by atoms with van der Waals surface area (Å²) in [5.41, 5.74) is 8.84. The lowest BCUT2D eigenvalue weighted by Crippen LogP contribution is -2.00. The highest BCUT2D eigenvalue weighted by atomic mass is 14.9. The quantitative estimate of drug-likeness (QED) is 0.783. The molecule has 0 atom stereocenters. The molecule has 4 nitrogen and oxygen atoms in total. The molecule has 3 N–H and O–H groups in total. The van der Waals surface area contributed by atoms with E-state index in [4.69, 9.17) is 11.0 Å². The fourth-order valence-electron chi connectivity index (χ4n) is 1.47. The lowest BCUT2D eigenvalue weighted by atomic mass is 10.2. The number of aromatic nitrogens is 1. The minimum atomic E-state index is 0.416. The van der Waals surface area contributed by atoms with E-state index in [0.717, 1.165) is 16.9 Å². The van der Waals surface area contributed by atoms with Crippen LogP contribution in [0.3, 0.4) is 0 Å². The molecule has 0 saturated heterocycles. The number of benzene rings is 1. The van der Waals surface area contributed by atoms with Gasteiger partial charge in [-0.15, -0.1) is 0 Å². The highest BCUT2D eigenvalue weighted by Gasteiger charge is 1.96. The predicted molar refractivity (Wildman–Crippen MR) is 67.1 cm³/mol. The third kappa shape index (κ3) is 2.95. The number of hydrogen-bond acceptors (Lipinski definition) is 4. The largest absolute Gasteiger partial charge is 0.399 e. The van der Waals surface area contributed by atoms with Crippen molar-refractivity contribution in [1.82, 2.24) is 4.98 Å². The molecular weight excluding hydrogens is 212 g/mol. The van der Waals surface area contributed by atoms with Crippen LogP contribution >= 0.6 is 0 Å². The minimum Gasteiger partial charge on any atom is -0.399 e. The number of hydrogen-bond donors (Lipinski definition) is 2. The summed E-state index contributed by atoms with van der Waals surface area (Å²) in [6.07, 6.45) is 1.64. The van der Waals surface area contributed by atoms with Crippen molar-refractivity contribution in [2.45, 2.75) is 6.54 Å². The van der Waals surface area contributed by atoms with Crippen LogP contribution in [0.2, 0.25) is 0 Å². The highest BCUT2D eigenvalue weighted by molar-refractivity contribution is 5.45. The van der Waals surface area contributed by atoms with Crippen molar-refractivity contribution in [1.29, 1.82) is 5.26 Å². The fourth-order valence-corrected chi connectivity index (χ4v) is 1.47. The molecule has 84 valence electrons. The average Bonchev–Trinajstić information content (AvgIpc) is 2.37. The smallest absolute Gasteiger partial charge is 0.140 e. The summed E-state index contributed by atoms with van der Waals surface area (Å²) in [6, 6.07) is 13.2. The molecule has 1 heterocycles. The van der Waals surface area contributed by atoms with Crippen LogP contribution in [0.15, 0.2) is 42.6 Å². The second kappa shape index (κ2) is 4.99. The minimum absolute atomic E-state index is 0.416. The molecule has 4 heteroatoms. The van der Waals surface area contributed by atoms with E-state index in [-0.39, 0.29) is 0 Å². The summed E-state index contributed by atoms with van der Waals surface area (Å²) < 4.78 is 0. The van der Waals surface area contributed by atoms with Crippen LogP contribution in [0.1, 0.15) is 11.3 Å². The molecule has 0 aliphatic rings. The maximum absolute atomic E-state index is 8.62. The molecule has 0 bridgehead atoms. The van der Waals surface area contributed by atoms with Crippen molar-refractivity contribution in [2.24, 2.45) is 0 Å². The molecule has 1 aromatic heterocycles. The Balaban J connectivity index is 2.00. The molecule has 0 aliphatic carbocycles. The molecule has 2 rings (SSSR count). The third-order valence-corrected chi connectivity index (χ3v) is 2.33. The van der Waals surface area contributed by atoms with E-state index in [2.05, 4.69) is 10.3 Å². The Labute approximate surface area is 99.7 Å². The number of nitrogens with one attached hydrogen (secondary N) is 1. The second-order valence-corrected chi connectivity index (χ2v) is 3.64. The first-order chi connectivity index (χ1) is 8.28. The fraction of sp³-hybridized carbons (Fsp3) is 0.0769. The van der Waals surface area contributed by atoms with Gasteiger partial charge < -0.3 is 11.1 Å². The van der Waals surface area contributed by atoms with E-state index in [1.807, 2.05) is 36.4 Å². The molecule has 17 heavy (non-hydrogen) atoms. The Bertz CT molecular complexity index is 540. The molecular formula is C13H12N4. The van der Waals surface area contributed by atoms with Crippen LogP contribution in [0.5, 0.6) is 0 Å². The Morgan fingerprint density at radius 2 is 2.18 bits per heavy atom.